The fourth-order valence-electron chi connectivity index (χ4n) is 1.85. The molecule has 0 amide bonds. The number of carbonyl (C=O) groups excluding carboxylic acids is 1. The lowest BCUT2D eigenvalue weighted by molar-refractivity contribution is 0.0562. The molecule has 0 fully saturated rings. The summed E-state index contributed by atoms with van der Waals surface area (Å²) < 4.78 is 11.1. The van der Waals surface area contributed by atoms with Gasteiger partial charge in [0.25, 0.3) is 0 Å². The molecule has 0 saturated heterocycles. The van der Waals surface area contributed by atoms with E-state index in [4.69, 9.17) is 4.42 Å². The van der Waals surface area contributed by atoms with E-state index in [1.54, 1.807) is 12.1 Å². The van der Waals surface area contributed by atoms with Gasteiger partial charge in [-0.25, -0.2) is 4.79 Å². The van der Waals surface area contributed by atoms with Gasteiger partial charge in [0.1, 0.15) is 5.76 Å². The van der Waals surface area contributed by atoms with Gasteiger partial charge in [-0.1, -0.05) is 6.07 Å². The average Bonchev–Trinajstić information content (AvgIpc) is 2.91. The van der Waals surface area contributed by atoms with Crippen molar-refractivity contribution in [1.82, 2.24) is 0 Å². The Morgan fingerprint density at radius 2 is 2.10 bits per heavy atom. The topological polar surface area (TPSA) is 51.5 Å². The molecule has 1 N–H and O–H groups in total. The van der Waals surface area contributed by atoms with Crippen molar-refractivity contribution in [3.05, 3.63) is 51.9 Å². The highest BCUT2D eigenvalue weighted by atomic mass is 79.9. The fraction of sp³-hybridized carbons (Fsp3) is 0.267. The smallest absolute Gasteiger partial charge is 0.373 e. The minimum absolute atomic E-state index is 0.0634. The average molecular weight is 338 g/mol. The molecule has 1 aromatic carbocycles. The number of esters is 1. The molecule has 1 heterocycles. The van der Waals surface area contributed by atoms with Crippen LogP contribution >= 0.6 is 15.9 Å². The molecule has 0 aliphatic carbocycles. The SMILES string of the molecule is COC(=O)c1ccc(C(C)Nc2cc(C)ccc2Br)o1. The Morgan fingerprint density at radius 3 is 2.80 bits per heavy atom. The quantitative estimate of drug-likeness (QED) is 0.844. The standard InChI is InChI=1S/C15H16BrNO3/c1-9-4-5-11(16)12(8-9)17-10(2)13-6-7-14(20-13)15(18)19-3/h4-8,10,17H,1-3H3. The molecule has 0 saturated carbocycles. The molecule has 2 rings (SSSR count). The summed E-state index contributed by atoms with van der Waals surface area (Å²) in [6.07, 6.45) is 0. The van der Waals surface area contributed by atoms with E-state index in [2.05, 4.69) is 26.0 Å². The summed E-state index contributed by atoms with van der Waals surface area (Å²) in [7, 11) is 1.33. The molecule has 2 aromatic rings. The van der Waals surface area contributed by atoms with Gasteiger partial charge in [0.15, 0.2) is 0 Å². The van der Waals surface area contributed by atoms with Crippen LogP contribution in [-0.4, -0.2) is 13.1 Å². The predicted octanol–water partition coefficient (Wildman–Crippen LogP) is 4.31. The Labute approximate surface area is 126 Å². The maximum Gasteiger partial charge on any atom is 0.373 e. The summed E-state index contributed by atoms with van der Waals surface area (Å²) in [5, 5.41) is 3.34. The second kappa shape index (κ2) is 6.13. The number of halogens is 1. The van der Waals surface area contributed by atoms with Crippen molar-refractivity contribution >= 4 is 27.6 Å². The molecule has 106 valence electrons. The molecule has 5 heteroatoms. The third-order valence-electron chi connectivity index (χ3n) is 2.93. The Bertz CT molecular complexity index is 621. The third kappa shape index (κ3) is 3.22. The lowest BCUT2D eigenvalue weighted by Crippen LogP contribution is -2.06. The summed E-state index contributed by atoms with van der Waals surface area (Å²) in [5.41, 5.74) is 2.14. The van der Waals surface area contributed by atoms with E-state index in [-0.39, 0.29) is 11.8 Å². The molecule has 0 aliphatic rings. The van der Waals surface area contributed by atoms with Crippen molar-refractivity contribution in [3.8, 4) is 0 Å². The molecule has 1 aromatic heterocycles. The van der Waals surface area contributed by atoms with Gasteiger partial charge in [-0.05, 0) is 59.6 Å². The second-order valence-corrected chi connectivity index (χ2v) is 5.40. The normalized spacial score (nSPS) is 12.0. The van der Waals surface area contributed by atoms with E-state index >= 15 is 0 Å². The first-order valence-electron chi connectivity index (χ1n) is 6.22. The minimum Gasteiger partial charge on any atom is -0.463 e. The number of rotatable bonds is 4. The Hall–Kier alpha value is -1.75. The number of methoxy groups -OCH3 is 1. The molecule has 1 atom stereocenters. The van der Waals surface area contributed by atoms with Crippen molar-refractivity contribution in [3.63, 3.8) is 0 Å². The maximum atomic E-state index is 11.4. The lowest BCUT2D eigenvalue weighted by Gasteiger charge is -2.15. The monoisotopic (exact) mass is 337 g/mol. The number of furan rings is 1. The van der Waals surface area contributed by atoms with Crippen LogP contribution in [0.25, 0.3) is 0 Å². The van der Waals surface area contributed by atoms with Gasteiger partial charge in [0, 0.05) is 10.2 Å². The Morgan fingerprint density at radius 1 is 1.35 bits per heavy atom. The summed E-state index contributed by atoms with van der Waals surface area (Å²) in [5.74, 6) is 0.415. The summed E-state index contributed by atoms with van der Waals surface area (Å²) in [6.45, 7) is 4.00. The van der Waals surface area contributed by atoms with Crippen LogP contribution < -0.4 is 5.32 Å². The zero-order valence-electron chi connectivity index (χ0n) is 11.6. The third-order valence-corrected chi connectivity index (χ3v) is 3.63. The van der Waals surface area contributed by atoms with E-state index in [9.17, 15) is 4.79 Å². The van der Waals surface area contributed by atoms with E-state index in [0.29, 0.717) is 5.76 Å². The number of aryl methyl sites for hydroxylation is 1. The van der Waals surface area contributed by atoms with Crippen LogP contribution in [0.3, 0.4) is 0 Å². The number of hydrogen-bond acceptors (Lipinski definition) is 4. The molecule has 0 radical (unpaired) electrons. The summed E-state index contributed by atoms with van der Waals surface area (Å²) in [4.78, 5) is 11.4. The number of benzene rings is 1. The van der Waals surface area contributed by atoms with E-state index in [0.717, 1.165) is 15.7 Å². The van der Waals surface area contributed by atoms with Crippen LogP contribution in [0.1, 0.15) is 34.8 Å². The first kappa shape index (κ1) is 14.7. The number of nitrogens with one attached hydrogen (secondary N) is 1. The molecule has 0 spiro atoms. The molecule has 4 nitrogen and oxygen atoms in total. The predicted molar refractivity (Wildman–Crippen MR) is 81.0 cm³/mol. The van der Waals surface area contributed by atoms with Crippen molar-refractivity contribution in [1.29, 1.82) is 0 Å². The highest BCUT2D eigenvalue weighted by Crippen LogP contribution is 2.28. The molecule has 20 heavy (non-hydrogen) atoms. The highest BCUT2D eigenvalue weighted by Gasteiger charge is 2.15. The van der Waals surface area contributed by atoms with Gasteiger partial charge in [-0.15, -0.1) is 0 Å². The maximum absolute atomic E-state index is 11.4. The van der Waals surface area contributed by atoms with Crippen LogP contribution in [0.5, 0.6) is 0 Å². The Kier molecular flexibility index (Phi) is 4.49. The van der Waals surface area contributed by atoms with Gasteiger partial charge < -0.3 is 14.5 Å². The van der Waals surface area contributed by atoms with E-state index in [1.165, 1.54) is 7.11 Å². The van der Waals surface area contributed by atoms with Gasteiger partial charge in [-0.2, -0.15) is 0 Å². The zero-order valence-corrected chi connectivity index (χ0v) is 13.2. The van der Waals surface area contributed by atoms with Crippen LogP contribution in [0.4, 0.5) is 5.69 Å². The second-order valence-electron chi connectivity index (χ2n) is 4.54. The number of hydrogen-bond donors (Lipinski definition) is 1. The largest absolute Gasteiger partial charge is 0.463 e. The van der Waals surface area contributed by atoms with E-state index < -0.39 is 5.97 Å². The molecule has 0 aliphatic heterocycles. The van der Waals surface area contributed by atoms with Crippen molar-refractivity contribution in [2.75, 3.05) is 12.4 Å². The van der Waals surface area contributed by atoms with Crippen LogP contribution in [0.15, 0.2) is 39.2 Å². The van der Waals surface area contributed by atoms with Crippen LogP contribution in [-0.2, 0) is 4.74 Å². The van der Waals surface area contributed by atoms with E-state index in [1.807, 2.05) is 32.0 Å². The van der Waals surface area contributed by atoms with Crippen LogP contribution in [0.2, 0.25) is 0 Å². The fourth-order valence-corrected chi connectivity index (χ4v) is 2.21. The van der Waals surface area contributed by atoms with Crippen molar-refractivity contribution in [2.24, 2.45) is 0 Å². The highest BCUT2D eigenvalue weighted by molar-refractivity contribution is 9.10. The first-order chi connectivity index (χ1) is 9.51. The Balaban J connectivity index is 2.15. The first-order valence-corrected chi connectivity index (χ1v) is 7.01. The van der Waals surface area contributed by atoms with Gasteiger partial charge in [0.05, 0.1) is 13.2 Å². The van der Waals surface area contributed by atoms with Crippen molar-refractivity contribution in [2.45, 2.75) is 19.9 Å². The van der Waals surface area contributed by atoms with Gasteiger partial charge >= 0.3 is 5.97 Å². The molecular weight excluding hydrogens is 322 g/mol. The number of carbonyl (C=O) groups is 1. The summed E-state index contributed by atoms with van der Waals surface area (Å²) >= 11 is 3.50. The molecular formula is C15H16BrNO3. The van der Waals surface area contributed by atoms with Gasteiger partial charge in [0.2, 0.25) is 5.76 Å². The molecule has 1 unspecified atom stereocenters. The van der Waals surface area contributed by atoms with Crippen molar-refractivity contribution < 1.29 is 13.9 Å². The number of ether oxygens (including phenoxy) is 1. The lowest BCUT2D eigenvalue weighted by atomic mass is 10.2. The minimum atomic E-state index is -0.472. The number of anilines is 1. The van der Waals surface area contributed by atoms with Crippen LogP contribution in [0, 0.1) is 6.92 Å². The molecule has 0 bridgehead atoms. The zero-order chi connectivity index (χ0) is 14.7. The van der Waals surface area contributed by atoms with Gasteiger partial charge in [-0.3, -0.25) is 0 Å². The summed E-state index contributed by atoms with van der Waals surface area (Å²) in [6, 6.07) is 9.39.